The van der Waals surface area contributed by atoms with Crippen molar-refractivity contribution in [3.05, 3.63) is 42.0 Å². The van der Waals surface area contributed by atoms with Gasteiger partial charge in [-0.3, -0.25) is 4.90 Å². The lowest BCUT2D eigenvalue weighted by Crippen LogP contribution is -2.60. The van der Waals surface area contributed by atoms with Gasteiger partial charge in [-0.1, -0.05) is 43.7 Å². The summed E-state index contributed by atoms with van der Waals surface area (Å²) in [7, 11) is 0. The molecule has 1 saturated carbocycles. The molecule has 0 aromatic heterocycles. The van der Waals surface area contributed by atoms with E-state index in [1.807, 2.05) is 0 Å². The maximum Gasteiger partial charge on any atom is 0.0587 e. The molecule has 0 amide bonds. The third-order valence-corrected chi connectivity index (χ3v) is 6.98. The summed E-state index contributed by atoms with van der Waals surface area (Å²) in [4.78, 5) is 2.80. The molecule has 2 heteroatoms. The number of benzene rings is 1. The Balaban J connectivity index is 1.69. The summed E-state index contributed by atoms with van der Waals surface area (Å²) in [6.45, 7) is 9.51. The van der Waals surface area contributed by atoms with Crippen molar-refractivity contribution in [1.29, 1.82) is 0 Å². The van der Waals surface area contributed by atoms with Gasteiger partial charge in [0.25, 0.3) is 0 Å². The predicted octanol–water partition coefficient (Wildman–Crippen LogP) is 3.41. The molecular formula is C19H24N2. The fourth-order valence-corrected chi connectivity index (χ4v) is 6.03. The summed E-state index contributed by atoms with van der Waals surface area (Å²) in [5.41, 5.74) is 4.74. The van der Waals surface area contributed by atoms with Crippen LogP contribution in [0.5, 0.6) is 0 Å². The van der Waals surface area contributed by atoms with E-state index < -0.39 is 0 Å². The number of piperidine rings is 1. The van der Waals surface area contributed by atoms with Gasteiger partial charge in [0.05, 0.1) is 6.04 Å². The minimum absolute atomic E-state index is 0.308. The summed E-state index contributed by atoms with van der Waals surface area (Å²) in [6.07, 6.45) is 3.93. The molecule has 1 N–H and O–H groups in total. The van der Waals surface area contributed by atoms with Crippen LogP contribution in [-0.4, -0.2) is 30.1 Å². The molecule has 5 atom stereocenters. The Morgan fingerprint density at radius 3 is 3.10 bits per heavy atom. The van der Waals surface area contributed by atoms with Crippen LogP contribution >= 0.6 is 0 Å². The molecule has 1 aliphatic carbocycles. The number of hydrogen-bond acceptors (Lipinski definition) is 2. The topological polar surface area (TPSA) is 15.3 Å². The highest BCUT2D eigenvalue weighted by Gasteiger charge is 2.63. The van der Waals surface area contributed by atoms with E-state index >= 15 is 0 Å². The van der Waals surface area contributed by atoms with Crippen molar-refractivity contribution in [1.82, 2.24) is 4.90 Å². The van der Waals surface area contributed by atoms with Crippen molar-refractivity contribution < 1.29 is 0 Å². The second-order valence-electron chi connectivity index (χ2n) is 7.51. The van der Waals surface area contributed by atoms with Crippen molar-refractivity contribution in [2.24, 2.45) is 11.8 Å². The average molecular weight is 280 g/mol. The van der Waals surface area contributed by atoms with Crippen LogP contribution in [0, 0.1) is 11.8 Å². The van der Waals surface area contributed by atoms with E-state index in [1.165, 1.54) is 43.6 Å². The van der Waals surface area contributed by atoms with Gasteiger partial charge in [0, 0.05) is 23.7 Å². The summed E-state index contributed by atoms with van der Waals surface area (Å²) < 4.78 is 0. The SMILES string of the molecule is C=C1[C@H]2C[C@@H]3N(CCC34c3ccccc3N[C@@H]14)CC2CC. The molecule has 3 aliphatic heterocycles. The average Bonchev–Trinajstić information content (AvgIpc) is 3.07. The number of nitrogens with zero attached hydrogens (tertiary/aromatic N) is 1. The zero-order valence-corrected chi connectivity index (χ0v) is 12.8. The zero-order chi connectivity index (χ0) is 14.2. The van der Waals surface area contributed by atoms with E-state index in [2.05, 4.69) is 48.0 Å². The Hall–Kier alpha value is -1.28. The van der Waals surface area contributed by atoms with Crippen molar-refractivity contribution in [2.45, 2.75) is 43.7 Å². The van der Waals surface area contributed by atoms with E-state index in [4.69, 9.17) is 0 Å². The Kier molecular flexibility index (Phi) is 2.29. The summed E-state index contributed by atoms with van der Waals surface area (Å²) in [5.74, 6) is 1.55. The molecule has 110 valence electrons. The normalized spacial score (nSPS) is 43.4. The number of para-hydroxylation sites is 1. The molecule has 3 heterocycles. The van der Waals surface area contributed by atoms with E-state index in [0.29, 0.717) is 11.5 Å². The first kappa shape index (κ1) is 12.3. The minimum Gasteiger partial charge on any atom is -0.377 e. The van der Waals surface area contributed by atoms with Crippen LogP contribution in [0.2, 0.25) is 0 Å². The van der Waals surface area contributed by atoms with Crippen LogP contribution in [0.15, 0.2) is 36.4 Å². The van der Waals surface area contributed by atoms with Crippen LogP contribution in [0.4, 0.5) is 5.69 Å². The molecule has 2 bridgehead atoms. The molecular weight excluding hydrogens is 256 g/mol. The number of fused-ring (bicyclic) bond motifs is 2. The minimum atomic E-state index is 0.308. The van der Waals surface area contributed by atoms with Gasteiger partial charge >= 0.3 is 0 Å². The largest absolute Gasteiger partial charge is 0.377 e. The molecule has 4 aliphatic rings. The smallest absolute Gasteiger partial charge is 0.0587 e. The highest BCUT2D eigenvalue weighted by Crippen LogP contribution is 2.60. The second-order valence-corrected chi connectivity index (χ2v) is 7.51. The van der Waals surface area contributed by atoms with Gasteiger partial charge in [-0.2, -0.15) is 0 Å². The molecule has 2 saturated heterocycles. The number of nitrogens with one attached hydrogen (secondary N) is 1. The van der Waals surface area contributed by atoms with Gasteiger partial charge in [-0.05, 0) is 42.9 Å². The van der Waals surface area contributed by atoms with Gasteiger partial charge < -0.3 is 5.32 Å². The van der Waals surface area contributed by atoms with Crippen molar-refractivity contribution in [3.8, 4) is 0 Å². The summed E-state index contributed by atoms with van der Waals surface area (Å²) >= 11 is 0. The second kappa shape index (κ2) is 3.92. The Bertz CT molecular complexity index is 622. The summed E-state index contributed by atoms with van der Waals surface area (Å²) in [6, 6.07) is 10.2. The fraction of sp³-hybridized carbons (Fsp3) is 0.579. The van der Waals surface area contributed by atoms with E-state index in [9.17, 15) is 0 Å². The molecule has 1 aromatic rings. The van der Waals surface area contributed by atoms with Crippen molar-refractivity contribution in [3.63, 3.8) is 0 Å². The number of anilines is 1. The van der Waals surface area contributed by atoms with Crippen LogP contribution in [0.3, 0.4) is 0 Å². The molecule has 3 fully saturated rings. The van der Waals surface area contributed by atoms with Gasteiger partial charge in [-0.25, -0.2) is 0 Å². The Morgan fingerprint density at radius 2 is 2.24 bits per heavy atom. The summed E-state index contributed by atoms with van der Waals surface area (Å²) in [5, 5.41) is 3.85. The van der Waals surface area contributed by atoms with Gasteiger partial charge in [-0.15, -0.1) is 0 Å². The monoisotopic (exact) mass is 280 g/mol. The lowest BCUT2D eigenvalue weighted by Gasteiger charge is -2.54. The predicted molar refractivity (Wildman–Crippen MR) is 86.5 cm³/mol. The molecule has 0 radical (unpaired) electrons. The third kappa shape index (κ3) is 1.29. The van der Waals surface area contributed by atoms with E-state index in [-0.39, 0.29) is 0 Å². The fourth-order valence-electron chi connectivity index (χ4n) is 6.03. The third-order valence-electron chi connectivity index (χ3n) is 6.98. The molecule has 21 heavy (non-hydrogen) atoms. The number of rotatable bonds is 1. The number of hydrogen-bond donors (Lipinski definition) is 1. The quantitative estimate of drug-likeness (QED) is 0.793. The lowest BCUT2D eigenvalue weighted by molar-refractivity contribution is 0.0526. The maximum absolute atomic E-state index is 4.59. The lowest BCUT2D eigenvalue weighted by atomic mass is 9.57. The van der Waals surface area contributed by atoms with Crippen LogP contribution in [0.25, 0.3) is 0 Å². The standard InChI is InChI=1S/C19H24N2/c1-3-13-11-21-9-8-19-15-6-4-5-7-16(15)20-18(19)12(2)14(13)10-17(19)21/h4-7,13-14,17-18,20H,2-3,8-11H2,1H3/t13?,14-,17+,18+,19?/m1/s1. The zero-order valence-electron chi connectivity index (χ0n) is 12.8. The molecule has 2 nitrogen and oxygen atoms in total. The van der Waals surface area contributed by atoms with Gasteiger partial charge in [0.2, 0.25) is 0 Å². The van der Waals surface area contributed by atoms with Crippen LogP contribution < -0.4 is 5.32 Å². The van der Waals surface area contributed by atoms with Crippen molar-refractivity contribution in [2.75, 3.05) is 18.4 Å². The highest BCUT2D eigenvalue weighted by atomic mass is 15.2. The van der Waals surface area contributed by atoms with Gasteiger partial charge in [0.1, 0.15) is 0 Å². The van der Waals surface area contributed by atoms with Crippen LogP contribution in [0.1, 0.15) is 31.7 Å². The first-order valence-electron chi connectivity index (χ1n) is 8.54. The first-order valence-corrected chi connectivity index (χ1v) is 8.54. The van der Waals surface area contributed by atoms with E-state index in [0.717, 1.165) is 17.9 Å². The molecule has 2 unspecified atom stereocenters. The van der Waals surface area contributed by atoms with E-state index in [1.54, 1.807) is 5.56 Å². The van der Waals surface area contributed by atoms with Crippen molar-refractivity contribution >= 4 is 5.69 Å². The van der Waals surface area contributed by atoms with Crippen LogP contribution in [-0.2, 0) is 5.41 Å². The molecule has 5 rings (SSSR count). The Morgan fingerprint density at radius 1 is 1.38 bits per heavy atom. The first-order chi connectivity index (χ1) is 10.3. The molecule has 1 spiro atoms. The highest BCUT2D eigenvalue weighted by molar-refractivity contribution is 5.67. The Labute approximate surface area is 127 Å². The van der Waals surface area contributed by atoms with Gasteiger partial charge in [0.15, 0.2) is 0 Å². The maximum atomic E-state index is 4.59. The molecule has 1 aromatic carbocycles.